The Morgan fingerprint density at radius 3 is 2.81 bits per heavy atom. The van der Waals surface area contributed by atoms with E-state index < -0.39 is 11.6 Å². The molecule has 0 N–H and O–H groups in total. The highest BCUT2D eigenvalue weighted by Gasteiger charge is 2.20. The molecule has 0 aliphatic carbocycles. The van der Waals surface area contributed by atoms with Crippen LogP contribution < -0.4 is 0 Å². The number of thioether (sulfide) groups is 1. The second-order valence-corrected chi connectivity index (χ2v) is 5.72. The number of carbonyl (C=O) groups is 2. The minimum Gasteiger partial charge on any atom is -0.341 e. The molecular formula is C16H16FNO2S. The van der Waals surface area contributed by atoms with E-state index >= 15 is 0 Å². The van der Waals surface area contributed by atoms with Crippen molar-refractivity contribution >= 4 is 23.8 Å². The van der Waals surface area contributed by atoms with Crippen LogP contribution in [0.15, 0.2) is 46.5 Å². The quantitative estimate of drug-likeness (QED) is 0.456. The molecule has 1 aromatic rings. The van der Waals surface area contributed by atoms with Crippen LogP contribution in [0, 0.1) is 5.82 Å². The van der Waals surface area contributed by atoms with Crippen LogP contribution in [0.1, 0.15) is 30.1 Å². The number of allylic oxidation sites excluding steroid dienone is 2. The maximum atomic E-state index is 13.6. The molecule has 2 rings (SSSR count). The molecule has 0 saturated heterocycles. The molecule has 0 saturated carbocycles. The molecule has 0 bridgehead atoms. The first-order chi connectivity index (χ1) is 10.2. The van der Waals surface area contributed by atoms with Crippen LogP contribution in [-0.2, 0) is 4.79 Å². The van der Waals surface area contributed by atoms with E-state index in [4.69, 9.17) is 0 Å². The first-order valence-corrected chi connectivity index (χ1v) is 7.59. The van der Waals surface area contributed by atoms with Crippen molar-refractivity contribution in [1.29, 1.82) is 0 Å². The predicted octanol–water partition coefficient (Wildman–Crippen LogP) is 3.74. The zero-order valence-electron chi connectivity index (χ0n) is 11.7. The molecule has 0 fully saturated rings. The second kappa shape index (κ2) is 7.22. The molecule has 1 aromatic carbocycles. The lowest BCUT2D eigenvalue weighted by Gasteiger charge is -2.16. The van der Waals surface area contributed by atoms with Crippen molar-refractivity contribution < 1.29 is 14.0 Å². The number of ketones is 1. The smallest absolute Gasteiger partial charge is 0.191 e. The van der Waals surface area contributed by atoms with Gasteiger partial charge in [0.1, 0.15) is 5.82 Å². The molecule has 1 aliphatic heterocycles. The van der Waals surface area contributed by atoms with E-state index in [1.807, 2.05) is 4.90 Å². The SMILES string of the molecule is CCCCN1C=C(C=O)S/C1=C\C(=O)c1ccccc1F. The van der Waals surface area contributed by atoms with Gasteiger partial charge in [0, 0.05) is 18.8 Å². The van der Waals surface area contributed by atoms with Gasteiger partial charge in [-0.2, -0.15) is 0 Å². The molecule has 3 nitrogen and oxygen atoms in total. The summed E-state index contributed by atoms with van der Waals surface area (Å²) in [7, 11) is 0. The van der Waals surface area contributed by atoms with Gasteiger partial charge in [-0.25, -0.2) is 4.39 Å². The summed E-state index contributed by atoms with van der Waals surface area (Å²) in [6.45, 7) is 2.80. The molecule has 110 valence electrons. The van der Waals surface area contributed by atoms with Crippen molar-refractivity contribution in [3.8, 4) is 0 Å². The molecule has 1 aliphatic rings. The Morgan fingerprint density at radius 2 is 2.14 bits per heavy atom. The Kier molecular flexibility index (Phi) is 5.33. The van der Waals surface area contributed by atoms with Gasteiger partial charge in [0.2, 0.25) is 0 Å². The van der Waals surface area contributed by atoms with Gasteiger partial charge >= 0.3 is 0 Å². The van der Waals surface area contributed by atoms with Crippen molar-refractivity contribution in [3.05, 3.63) is 57.9 Å². The highest BCUT2D eigenvalue weighted by molar-refractivity contribution is 8.07. The fourth-order valence-corrected chi connectivity index (χ4v) is 2.84. The van der Waals surface area contributed by atoms with Crippen LogP contribution in [-0.4, -0.2) is 23.5 Å². The molecule has 5 heteroatoms. The fourth-order valence-electron chi connectivity index (χ4n) is 1.94. The summed E-state index contributed by atoms with van der Waals surface area (Å²) in [6, 6.07) is 5.89. The Morgan fingerprint density at radius 1 is 1.38 bits per heavy atom. The molecule has 0 atom stereocenters. The van der Waals surface area contributed by atoms with Crippen LogP contribution in [0.5, 0.6) is 0 Å². The highest BCUT2D eigenvalue weighted by Crippen LogP contribution is 2.35. The number of unbranched alkanes of at least 4 members (excludes halogenated alkanes) is 1. The number of halogens is 1. The summed E-state index contributed by atoms with van der Waals surface area (Å²) in [6.07, 6.45) is 5.85. The van der Waals surface area contributed by atoms with Crippen LogP contribution in [0.2, 0.25) is 0 Å². The lowest BCUT2D eigenvalue weighted by Crippen LogP contribution is -2.14. The number of nitrogens with zero attached hydrogens (tertiary/aromatic N) is 1. The summed E-state index contributed by atoms with van der Waals surface area (Å²) >= 11 is 1.23. The molecule has 0 amide bonds. The number of benzene rings is 1. The van der Waals surface area contributed by atoms with Crippen LogP contribution in [0.4, 0.5) is 4.39 Å². The third-order valence-electron chi connectivity index (χ3n) is 3.05. The largest absolute Gasteiger partial charge is 0.341 e. The molecule has 0 unspecified atom stereocenters. The van der Waals surface area contributed by atoms with Crippen LogP contribution >= 0.6 is 11.8 Å². The van der Waals surface area contributed by atoms with Gasteiger partial charge in [-0.05, 0) is 18.6 Å². The minimum absolute atomic E-state index is 0.0422. The zero-order valence-corrected chi connectivity index (χ0v) is 12.5. The summed E-state index contributed by atoms with van der Waals surface area (Å²) < 4.78 is 13.6. The van der Waals surface area contributed by atoms with Gasteiger partial charge in [-0.3, -0.25) is 9.59 Å². The summed E-state index contributed by atoms with van der Waals surface area (Å²) in [5.41, 5.74) is 0.0422. The van der Waals surface area contributed by atoms with Gasteiger partial charge in [0.25, 0.3) is 0 Å². The van der Waals surface area contributed by atoms with E-state index in [1.54, 1.807) is 18.3 Å². The summed E-state index contributed by atoms with van der Waals surface area (Å²) in [4.78, 5) is 25.5. The Balaban J connectivity index is 2.21. The Hall–Kier alpha value is -1.88. The molecule has 1 heterocycles. The van der Waals surface area contributed by atoms with Crippen molar-refractivity contribution in [3.63, 3.8) is 0 Å². The van der Waals surface area contributed by atoms with Gasteiger partial charge in [0.05, 0.1) is 15.5 Å². The number of carbonyl (C=O) groups excluding carboxylic acids is 2. The predicted molar refractivity (Wildman–Crippen MR) is 82.2 cm³/mol. The van der Waals surface area contributed by atoms with Gasteiger partial charge < -0.3 is 4.90 Å². The van der Waals surface area contributed by atoms with Crippen molar-refractivity contribution in [2.45, 2.75) is 19.8 Å². The van der Waals surface area contributed by atoms with E-state index in [1.165, 1.54) is 30.0 Å². The first-order valence-electron chi connectivity index (χ1n) is 6.77. The number of hydrogen-bond acceptors (Lipinski definition) is 4. The van der Waals surface area contributed by atoms with Crippen LogP contribution in [0.3, 0.4) is 0 Å². The molecule has 21 heavy (non-hydrogen) atoms. The zero-order chi connectivity index (χ0) is 15.2. The Bertz CT molecular complexity index is 610. The second-order valence-electron chi connectivity index (χ2n) is 4.63. The monoisotopic (exact) mass is 305 g/mol. The molecule has 0 aromatic heterocycles. The van der Waals surface area contributed by atoms with E-state index in [0.29, 0.717) is 9.93 Å². The molecular weight excluding hydrogens is 289 g/mol. The average molecular weight is 305 g/mol. The molecule has 0 spiro atoms. The first kappa shape index (κ1) is 15.5. The third kappa shape index (κ3) is 3.82. The van der Waals surface area contributed by atoms with Crippen molar-refractivity contribution in [2.75, 3.05) is 6.54 Å². The standard InChI is InChI=1S/C16H16FNO2S/c1-2-3-8-18-10-12(11-19)21-16(18)9-15(20)13-6-4-5-7-14(13)17/h4-7,9-11H,2-3,8H2,1H3/b16-9-. The number of aldehydes is 1. The van der Waals surface area contributed by atoms with E-state index in [0.717, 1.165) is 25.7 Å². The number of rotatable bonds is 6. The van der Waals surface area contributed by atoms with Crippen LogP contribution in [0.25, 0.3) is 0 Å². The van der Waals surface area contributed by atoms with E-state index in [9.17, 15) is 14.0 Å². The molecule has 0 radical (unpaired) electrons. The fraction of sp³-hybridized carbons (Fsp3) is 0.250. The maximum absolute atomic E-state index is 13.6. The van der Waals surface area contributed by atoms with Crippen molar-refractivity contribution in [2.24, 2.45) is 0 Å². The minimum atomic E-state index is -0.536. The van der Waals surface area contributed by atoms with Gasteiger partial charge in [-0.1, -0.05) is 37.2 Å². The summed E-state index contributed by atoms with van der Waals surface area (Å²) in [5.74, 6) is -0.927. The number of hydrogen-bond donors (Lipinski definition) is 0. The normalized spacial score (nSPS) is 16.2. The van der Waals surface area contributed by atoms with Crippen molar-refractivity contribution in [1.82, 2.24) is 4.90 Å². The lowest BCUT2D eigenvalue weighted by molar-refractivity contribution is -0.104. The third-order valence-corrected chi connectivity index (χ3v) is 4.05. The van der Waals surface area contributed by atoms with E-state index in [-0.39, 0.29) is 5.56 Å². The lowest BCUT2D eigenvalue weighted by atomic mass is 10.1. The van der Waals surface area contributed by atoms with E-state index in [2.05, 4.69) is 6.92 Å². The van der Waals surface area contributed by atoms with Gasteiger partial charge in [0.15, 0.2) is 12.1 Å². The highest BCUT2D eigenvalue weighted by atomic mass is 32.2. The van der Waals surface area contributed by atoms with Gasteiger partial charge in [-0.15, -0.1) is 0 Å². The Labute approximate surface area is 127 Å². The summed E-state index contributed by atoms with van der Waals surface area (Å²) in [5, 5.41) is 0.666. The average Bonchev–Trinajstić information content (AvgIpc) is 2.87. The topological polar surface area (TPSA) is 37.4 Å². The maximum Gasteiger partial charge on any atom is 0.191 e.